The summed E-state index contributed by atoms with van der Waals surface area (Å²) in [5.41, 5.74) is 1.24. The van der Waals surface area contributed by atoms with Crippen molar-refractivity contribution in [1.82, 2.24) is 5.32 Å². The molecule has 1 fully saturated rings. The summed E-state index contributed by atoms with van der Waals surface area (Å²) in [6.07, 6.45) is 0. The molecule has 1 aliphatic rings. The van der Waals surface area contributed by atoms with Crippen LogP contribution in [0.1, 0.15) is 0 Å². The molecule has 1 N–H and O–H groups in total. The number of hydrogen-bond acceptors (Lipinski definition) is 1. The molecular formula is C5H9NSe. The van der Waals surface area contributed by atoms with Crippen molar-refractivity contribution < 1.29 is 0 Å². The molecule has 0 unspecified atom stereocenters. The molecule has 0 aromatic heterocycles. The standard InChI is InChI=1S/C5H9NSe/c1-5-4-7-3-2-6-5/h6H,1-4H2. The Morgan fingerprint density at radius 2 is 2.57 bits per heavy atom. The van der Waals surface area contributed by atoms with Gasteiger partial charge in [0.05, 0.1) is 0 Å². The zero-order chi connectivity index (χ0) is 5.11. The zero-order valence-corrected chi connectivity index (χ0v) is 5.95. The minimum atomic E-state index is 0.863. The molecule has 1 saturated heterocycles. The Hall–Kier alpha value is 0.0595. The second-order valence-corrected chi connectivity index (χ2v) is 3.90. The topological polar surface area (TPSA) is 12.0 Å². The maximum atomic E-state index is 3.82. The van der Waals surface area contributed by atoms with E-state index in [1.165, 1.54) is 22.9 Å². The summed E-state index contributed by atoms with van der Waals surface area (Å²) in [6.45, 7) is 4.98. The van der Waals surface area contributed by atoms with Crippen molar-refractivity contribution in [2.75, 3.05) is 6.54 Å². The third-order valence-corrected chi connectivity index (χ3v) is 3.09. The van der Waals surface area contributed by atoms with Crippen molar-refractivity contribution in [2.24, 2.45) is 0 Å². The van der Waals surface area contributed by atoms with Crippen LogP contribution >= 0.6 is 0 Å². The fourth-order valence-electron chi connectivity index (χ4n) is 0.546. The fraction of sp³-hybridized carbons (Fsp3) is 0.600. The first kappa shape index (κ1) is 5.20. The SMILES string of the molecule is C=C1C[Se]CCN1. The van der Waals surface area contributed by atoms with Gasteiger partial charge in [0.1, 0.15) is 0 Å². The summed E-state index contributed by atoms with van der Waals surface area (Å²) in [4.78, 5) is 0. The van der Waals surface area contributed by atoms with Crippen LogP contribution in [0, 0.1) is 0 Å². The molecule has 7 heavy (non-hydrogen) atoms. The van der Waals surface area contributed by atoms with Crippen LogP contribution in [0.5, 0.6) is 0 Å². The Labute approximate surface area is 50.3 Å². The van der Waals surface area contributed by atoms with Crippen LogP contribution in [0.25, 0.3) is 0 Å². The normalized spacial score (nSPS) is 21.4. The Morgan fingerprint density at radius 1 is 1.71 bits per heavy atom. The van der Waals surface area contributed by atoms with E-state index < -0.39 is 0 Å². The second-order valence-electron chi connectivity index (χ2n) is 1.58. The van der Waals surface area contributed by atoms with E-state index in [4.69, 9.17) is 0 Å². The van der Waals surface area contributed by atoms with E-state index in [1.807, 2.05) is 0 Å². The summed E-state index contributed by atoms with van der Waals surface area (Å²) >= 11 is 0.863. The molecule has 0 atom stereocenters. The molecule has 1 nitrogen and oxygen atoms in total. The number of hydrogen-bond donors (Lipinski definition) is 1. The van der Waals surface area contributed by atoms with Gasteiger partial charge in [-0.3, -0.25) is 0 Å². The molecule has 0 spiro atoms. The molecule has 0 saturated carbocycles. The maximum absolute atomic E-state index is 3.82. The van der Waals surface area contributed by atoms with Crippen LogP contribution in [0.4, 0.5) is 0 Å². The van der Waals surface area contributed by atoms with Crippen molar-refractivity contribution in [1.29, 1.82) is 0 Å². The molecule has 1 aliphatic heterocycles. The molecule has 2 heteroatoms. The van der Waals surface area contributed by atoms with E-state index >= 15 is 0 Å². The van der Waals surface area contributed by atoms with Crippen LogP contribution in [0.2, 0.25) is 10.6 Å². The predicted octanol–water partition coefficient (Wildman–Crippen LogP) is 0.644. The molecular weight excluding hydrogens is 153 g/mol. The first-order chi connectivity index (χ1) is 3.39. The van der Waals surface area contributed by atoms with Crippen molar-refractivity contribution in [2.45, 2.75) is 10.6 Å². The van der Waals surface area contributed by atoms with Crippen LogP contribution in [-0.2, 0) is 0 Å². The molecule has 0 radical (unpaired) electrons. The van der Waals surface area contributed by atoms with Gasteiger partial charge in [0, 0.05) is 0 Å². The summed E-state index contributed by atoms with van der Waals surface area (Å²) in [5, 5.41) is 5.83. The monoisotopic (exact) mass is 163 g/mol. The second kappa shape index (κ2) is 2.39. The van der Waals surface area contributed by atoms with Crippen molar-refractivity contribution >= 4 is 15.0 Å². The molecule has 0 bridgehead atoms. The fourth-order valence-corrected chi connectivity index (χ4v) is 2.10. The summed E-state index contributed by atoms with van der Waals surface area (Å²) in [5.74, 6) is 0. The zero-order valence-electron chi connectivity index (χ0n) is 4.24. The molecule has 40 valence electrons. The van der Waals surface area contributed by atoms with E-state index in [0.717, 1.165) is 15.0 Å². The van der Waals surface area contributed by atoms with E-state index in [-0.39, 0.29) is 0 Å². The summed E-state index contributed by atoms with van der Waals surface area (Å²) in [7, 11) is 0. The van der Waals surface area contributed by atoms with Gasteiger partial charge in [0.25, 0.3) is 0 Å². The van der Waals surface area contributed by atoms with Gasteiger partial charge in [-0.15, -0.1) is 0 Å². The van der Waals surface area contributed by atoms with Crippen molar-refractivity contribution in [3.8, 4) is 0 Å². The predicted molar refractivity (Wildman–Crippen MR) is 32.5 cm³/mol. The molecule has 1 heterocycles. The van der Waals surface area contributed by atoms with E-state index in [1.54, 1.807) is 0 Å². The van der Waals surface area contributed by atoms with Gasteiger partial charge in [-0.05, 0) is 0 Å². The Kier molecular flexibility index (Phi) is 1.77. The van der Waals surface area contributed by atoms with Gasteiger partial charge in [0.2, 0.25) is 0 Å². The summed E-state index contributed by atoms with van der Waals surface area (Å²) < 4.78 is 0. The molecule has 0 amide bonds. The van der Waals surface area contributed by atoms with Gasteiger partial charge >= 0.3 is 49.7 Å². The minimum absolute atomic E-state index is 0.863. The third kappa shape index (κ3) is 1.54. The van der Waals surface area contributed by atoms with E-state index in [2.05, 4.69) is 11.9 Å². The van der Waals surface area contributed by atoms with Gasteiger partial charge < -0.3 is 0 Å². The van der Waals surface area contributed by atoms with E-state index in [9.17, 15) is 0 Å². The Bertz CT molecular complexity index is 72.1. The number of nitrogens with one attached hydrogen (secondary N) is 1. The van der Waals surface area contributed by atoms with Gasteiger partial charge in [0.15, 0.2) is 0 Å². The van der Waals surface area contributed by atoms with Crippen molar-refractivity contribution in [3.05, 3.63) is 12.3 Å². The van der Waals surface area contributed by atoms with Gasteiger partial charge in [-0.2, -0.15) is 0 Å². The number of allylic oxidation sites excluding steroid dienone is 1. The molecule has 0 aliphatic carbocycles. The van der Waals surface area contributed by atoms with Crippen LogP contribution in [0.15, 0.2) is 12.3 Å². The molecule has 0 aromatic rings. The van der Waals surface area contributed by atoms with Crippen LogP contribution in [0.3, 0.4) is 0 Å². The molecule has 0 aromatic carbocycles. The van der Waals surface area contributed by atoms with Crippen LogP contribution in [-0.4, -0.2) is 21.5 Å². The average molecular weight is 162 g/mol. The first-order valence-corrected chi connectivity index (χ1v) is 4.81. The Morgan fingerprint density at radius 3 is 2.86 bits per heavy atom. The van der Waals surface area contributed by atoms with Crippen LogP contribution < -0.4 is 5.32 Å². The van der Waals surface area contributed by atoms with Crippen molar-refractivity contribution in [3.63, 3.8) is 0 Å². The van der Waals surface area contributed by atoms with Gasteiger partial charge in [-0.25, -0.2) is 0 Å². The quantitative estimate of drug-likeness (QED) is 0.515. The number of rotatable bonds is 0. The summed E-state index contributed by atoms with van der Waals surface area (Å²) in [6, 6.07) is 0. The van der Waals surface area contributed by atoms with E-state index in [0.29, 0.717) is 0 Å². The molecule has 1 rings (SSSR count). The van der Waals surface area contributed by atoms with Gasteiger partial charge in [-0.1, -0.05) is 0 Å². The first-order valence-electron chi connectivity index (χ1n) is 2.39. The Balaban J connectivity index is 2.25. The average Bonchev–Trinajstić information content (AvgIpc) is 1.69. The third-order valence-electron chi connectivity index (χ3n) is 0.898.